The fourth-order valence-corrected chi connectivity index (χ4v) is 4.05. The highest BCUT2D eigenvalue weighted by Gasteiger charge is 2.67. The lowest BCUT2D eigenvalue weighted by atomic mass is 9.74. The van der Waals surface area contributed by atoms with E-state index in [2.05, 4.69) is 12.2 Å². The molecule has 1 fully saturated rings. The number of Topliss-reactive ketones (excluding diaryl/α,β-unsaturated/α-hetero) is 1. The summed E-state index contributed by atoms with van der Waals surface area (Å²) in [6.07, 6.45) is 7.80. The van der Waals surface area contributed by atoms with Crippen molar-refractivity contribution in [1.29, 1.82) is 0 Å². The van der Waals surface area contributed by atoms with E-state index in [0.717, 1.165) is 25.7 Å². The van der Waals surface area contributed by atoms with Gasteiger partial charge in [-0.1, -0.05) is 30.4 Å². The summed E-state index contributed by atoms with van der Waals surface area (Å²) in [5.74, 6) is -0.0895. The van der Waals surface area contributed by atoms with Crippen molar-refractivity contribution in [1.82, 2.24) is 5.17 Å². The number of hydrogen-bond acceptors (Lipinski definition) is 4. The lowest BCUT2D eigenvalue weighted by Gasteiger charge is -2.26. The van der Waals surface area contributed by atoms with Gasteiger partial charge >= 0.3 is 0 Å². The highest BCUT2D eigenvalue weighted by atomic mass is 16.8. The van der Waals surface area contributed by atoms with E-state index in [1.165, 1.54) is 5.17 Å². The molecule has 3 aliphatic rings. The maximum atomic E-state index is 13.2. The van der Waals surface area contributed by atoms with Crippen molar-refractivity contribution in [3.05, 3.63) is 53.3 Å². The third kappa shape index (κ3) is 1.96. The fourth-order valence-electron chi connectivity index (χ4n) is 4.05. The molecule has 5 nitrogen and oxygen atoms in total. The molecule has 4 rings (SSSR count). The standard InChI is InChI=1S/C18H20N2O3/c1-18-14-11-7-2-3-8-12-15(14)23-20(18)19(22)16(17(18)21)13-9-5-4-6-10-13/h2-6,9-10,14-15H,7-8,11-12H2,1H3/b3-2-/t14-,15+,18?/m0/s1. The van der Waals surface area contributed by atoms with Crippen LogP contribution in [0.5, 0.6) is 0 Å². The number of allylic oxidation sites excluding steroid dienone is 2. The van der Waals surface area contributed by atoms with E-state index in [0.29, 0.717) is 10.4 Å². The lowest BCUT2D eigenvalue weighted by molar-refractivity contribution is -0.718. The Morgan fingerprint density at radius 3 is 2.65 bits per heavy atom. The van der Waals surface area contributed by atoms with Crippen LogP contribution in [-0.2, 0) is 9.63 Å². The molecule has 2 heterocycles. The Labute approximate surface area is 135 Å². The van der Waals surface area contributed by atoms with Gasteiger partial charge in [0.1, 0.15) is 0 Å². The van der Waals surface area contributed by atoms with Gasteiger partial charge in [0.2, 0.25) is 0 Å². The van der Waals surface area contributed by atoms with Crippen molar-refractivity contribution in [2.75, 3.05) is 0 Å². The molecule has 5 heteroatoms. The Hall–Kier alpha value is -2.14. The molecule has 120 valence electrons. The first-order valence-electron chi connectivity index (χ1n) is 8.20. The maximum absolute atomic E-state index is 13.2. The van der Waals surface area contributed by atoms with Gasteiger partial charge in [-0.2, -0.15) is 0 Å². The number of benzene rings is 1. The van der Waals surface area contributed by atoms with Crippen LogP contribution in [0.3, 0.4) is 0 Å². The molecular weight excluding hydrogens is 292 g/mol. The van der Waals surface area contributed by atoms with E-state index in [-0.39, 0.29) is 23.5 Å². The molecule has 0 amide bonds. The third-order valence-electron chi connectivity index (χ3n) is 5.31. The Balaban J connectivity index is 1.76. The zero-order valence-electron chi connectivity index (χ0n) is 13.1. The van der Waals surface area contributed by atoms with Crippen LogP contribution in [0.2, 0.25) is 0 Å². The van der Waals surface area contributed by atoms with Gasteiger partial charge in [0.15, 0.2) is 5.54 Å². The first-order chi connectivity index (χ1) is 11.1. The van der Waals surface area contributed by atoms with E-state index in [4.69, 9.17) is 4.84 Å². The highest BCUT2D eigenvalue weighted by molar-refractivity contribution is 6.47. The van der Waals surface area contributed by atoms with Crippen LogP contribution in [0.15, 0.2) is 42.5 Å². The van der Waals surface area contributed by atoms with Crippen LogP contribution in [0.25, 0.3) is 0 Å². The molecule has 1 saturated heterocycles. The number of hydrazine groups is 1. The molecule has 0 bridgehead atoms. The van der Waals surface area contributed by atoms with E-state index in [1.807, 2.05) is 25.1 Å². The molecule has 23 heavy (non-hydrogen) atoms. The number of carbonyl (C=O) groups is 1. The predicted molar refractivity (Wildman–Crippen MR) is 85.4 cm³/mol. The van der Waals surface area contributed by atoms with Gasteiger partial charge in [-0.3, -0.25) is 4.79 Å². The second-order valence-corrected chi connectivity index (χ2v) is 6.61. The minimum absolute atomic E-state index is 0.0395. The molecule has 1 unspecified atom stereocenters. The van der Waals surface area contributed by atoms with Gasteiger partial charge in [0.25, 0.3) is 11.5 Å². The SMILES string of the molecule is CC12C(=O)C(c3ccccc3)=[N+]([O-])N1O[C@@H]1CC/C=C\CC[C@@H]12. The van der Waals surface area contributed by atoms with E-state index in [9.17, 15) is 10.0 Å². The first-order valence-corrected chi connectivity index (χ1v) is 8.20. The van der Waals surface area contributed by atoms with Gasteiger partial charge in [-0.25, -0.2) is 4.84 Å². The Bertz CT molecular complexity index is 697. The number of hydrogen-bond donors (Lipinski definition) is 0. The molecule has 2 aliphatic heterocycles. The average molecular weight is 312 g/mol. The van der Waals surface area contributed by atoms with Gasteiger partial charge in [0.05, 0.1) is 11.7 Å². The van der Waals surface area contributed by atoms with Crippen molar-refractivity contribution in [3.63, 3.8) is 0 Å². The molecule has 0 saturated carbocycles. The van der Waals surface area contributed by atoms with Gasteiger partial charge in [0, 0.05) is 5.92 Å². The zero-order valence-corrected chi connectivity index (χ0v) is 13.1. The van der Waals surface area contributed by atoms with Crippen LogP contribution >= 0.6 is 0 Å². The van der Waals surface area contributed by atoms with Crippen molar-refractivity contribution >= 4 is 11.5 Å². The summed E-state index contributed by atoms with van der Waals surface area (Å²) in [7, 11) is 0. The summed E-state index contributed by atoms with van der Waals surface area (Å²) in [5, 5.41) is 14.1. The molecule has 3 atom stereocenters. The molecule has 0 N–H and O–H groups in total. The summed E-state index contributed by atoms with van der Waals surface area (Å²) in [6, 6.07) is 9.12. The molecule has 1 aromatic carbocycles. The van der Waals surface area contributed by atoms with Crippen LogP contribution in [-0.4, -0.2) is 33.2 Å². The first kappa shape index (κ1) is 14.5. The number of fused-ring (bicyclic) bond motifs is 3. The molecular formula is C18H20N2O3. The lowest BCUT2D eigenvalue weighted by Crippen LogP contribution is -2.49. The van der Waals surface area contributed by atoms with Gasteiger partial charge in [-0.05, 0) is 54.8 Å². The minimum Gasteiger partial charge on any atom is -0.594 e. The summed E-state index contributed by atoms with van der Waals surface area (Å²) < 4.78 is 0. The summed E-state index contributed by atoms with van der Waals surface area (Å²) in [4.78, 5) is 19.8. The number of hydrazone groups is 1. The Morgan fingerprint density at radius 2 is 1.91 bits per heavy atom. The average Bonchev–Trinajstić information content (AvgIpc) is 2.90. The second kappa shape index (κ2) is 5.20. The monoisotopic (exact) mass is 312 g/mol. The zero-order chi connectivity index (χ0) is 16.0. The van der Waals surface area contributed by atoms with Gasteiger partial charge < -0.3 is 5.21 Å². The van der Waals surface area contributed by atoms with E-state index >= 15 is 0 Å². The number of rotatable bonds is 1. The molecule has 0 spiro atoms. The number of hydroxylamine groups is 1. The topological polar surface area (TPSA) is 55.6 Å². The smallest absolute Gasteiger partial charge is 0.297 e. The van der Waals surface area contributed by atoms with Crippen molar-refractivity contribution in [2.24, 2.45) is 5.92 Å². The van der Waals surface area contributed by atoms with E-state index < -0.39 is 5.54 Å². The maximum Gasteiger partial charge on any atom is 0.297 e. The largest absolute Gasteiger partial charge is 0.594 e. The number of carbonyl (C=O) groups excluding carboxylic acids is 1. The third-order valence-corrected chi connectivity index (χ3v) is 5.31. The summed E-state index contributed by atoms with van der Waals surface area (Å²) in [6.45, 7) is 1.85. The number of ketones is 1. The van der Waals surface area contributed by atoms with Gasteiger partial charge in [-0.15, -0.1) is 0 Å². The van der Waals surface area contributed by atoms with Crippen LogP contribution < -0.4 is 0 Å². The molecule has 1 aliphatic carbocycles. The van der Waals surface area contributed by atoms with E-state index in [1.54, 1.807) is 12.1 Å². The molecule has 0 radical (unpaired) electrons. The number of nitrogens with zero attached hydrogens (tertiary/aromatic N) is 2. The van der Waals surface area contributed by atoms with Crippen LogP contribution in [0.1, 0.15) is 38.2 Å². The normalized spacial score (nSPS) is 34.8. The predicted octanol–water partition coefficient (Wildman–Crippen LogP) is 2.60. The minimum atomic E-state index is -0.900. The quantitative estimate of drug-likeness (QED) is 0.454. The van der Waals surface area contributed by atoms with Crippen molar-refractivity contribution in [3.8, 4) is 0 Å². The van der Waals surface area contributed by atoms with Crippen LogP contribution in [0, 0.1) is 11.1 Å². The van der Waals surface area contributed by atoms with Crippen molar-refractivity contribution < 1.29 is 14.5 Å². The fraction of sp³-hybridized carbons (Fsp3) is 0.444. The van der Waals surface area contributed by atoms with Crippen LogP contribution in [0.4, 0.5) is 0 Å². The highest BCUT2D eigenvalue weighted by Crippen LogP contribution is 2.46. The Morgan fingerprint density at radius 1 is 1.22 bits per heavy atom. The molecule has 1 aromatic rings. The summed E-state index contributed by atoms with van der Waals surface area (Å²) in [5.41, 5.74) is -0.0684. The second-order valence-electron chi connectivity index (χ2n) is 6.61. The summed E-state index contributed by atoms with van der Waals surface area (Å²) >= 11 is 0. The van der Waals surface area contributed by atoms with Crippen molar-refractivity contribution in [2.45, 2.75) is 44.2 Å². The molecule has 0 aromatic heterocycles. The Kier molecular flexibility index (Phi) is 3.27.